The van der Waals surface area contributed by atoms with Crippen molar-refractivity contribution in [1.82, 2.24) is 0 Å². The molecule has 0 aliphatic heterocycles. The van der Waals surface area contributed by atoms with Crippen molar-refractivity contribution >= 4 is 29.2 Å². The van der Waals surface area contributed by atoms with Crippen LogP contribution in [0, 0.1) is 5.92 Å². The van der Waals surface area contributed by atoms with Crippen LogP contribution >= 0.6 is 11.6 Å². The molecule has 0 aromatic heterocycles. The SMILES string of the molecule is O=C(CC1CCCC1)O[C@H](C(=O)Nc1cc(C(F)(F)F)ccc1Cl)c1ccccc1. The average molecular weight is 440 g/mol. The number of benzene rings is 2. The van der Waals surface area contributed by atoms with Crippen molar-refractivity contribution in [3.63, 3.8) is 0 Å². The Kier molecular flexibility index (Phi) is 7.02. The molecule has 30 heavy (non-hydrogen) atoms. The monoisotopic (exact) mass is 439 g/mol. The minimum Gasteiger partial charge on any atom is -0.447 e. The van der Waals surface area contributed by atoms with E-state index in [1.165, 1.54) is 0 Å². The van der Waals surface area contributed by atoms with E-state index in [0.717, 1.165) is 43.9 Å². The van der Waals surface area contributed by atoms with Crippen LogP contribution in [0.3, 0.4) is 0 Å². The van der Waals surface area contributed by atoms with E-state index in [0.29, 0.717) is 5.56 Å². The molecular formula is C22H21ClF3NO3. The summed E-state index contributed by atoms with van der Waals surface area (Å²) in [6, 6.07) is 11.0. The number of amides is 1. The van der Waals surface area contributed by atoms with Gasteiger partial charge in [-0.05, 0) is 37.0 Å². The molecule has 1 atom stereocenters. The molecule has 0 heterocycles. The molecule has 0 bridgehead atoms. The van der Waals surface area contributed by atoms with Gasteiger partial charge in [0.2, 0.25) is 6.10 Å². The van der Waals surface area contributed by atoms with E-state index in [2.05, 4.69) is 5.32 Å². The maximum absolute atomic E-state index is 13.0. The predicted octanol–water partition coefficient (Wildman–Crippen LogP) is 6.16. The molecule has 160 valence electrons. The Morgan fingerprint density at radius 1 is 1.10 bits per heavy atom. The number of carbonyl (C=O) groups is 2. The van der Waals surface area contributed by atoms with Gasteiger partial charge in [-0.3, -0.25) is 9.59 Å². The van der Waals surface area contributed by atoms with Gasteiger partial charge in [0.15, 0.2) is 0 Å². The summed E-state index contributed by atoms with van der Waals surface area (Å²) in [5.74, 6) is -1.06. The maximum Gasteiger partial charge on any atom is 0.416 e. The van der Waals surface area contributed by atoms with Gasteiger partial charge in [-0.15, -0.1) is 0 Å². The lowest BCUT2D eigenvalue weighted by Crippen LogP contribution is -2.26. The van der Waals surface area contributed by atoms with Gasteiger partial charge < -0.3 is 10.1 Å². The molecule has 1 aliphatic rings. The van der Waals surface area contributed by atoms with Crippen LogP contribution < -0.4 is 5.32 Å². The van der Waals surface area contributed by atoms with E-state index in [4.69, 9.17) is 16.3 Å². The second-order valence-corrected chi connectivity index (χ2v) is 7.72. The molecular weight excluding hydrogens is 419 g/mol. The lowest BCUT2D eigenvalue weighted by Gasteiger charge is -2.20. The van der Waals surface area contributed by atoms with Gasteiger partial charge in [-0.2, -0.15) is 13.2 Å². The van der Waals surface area contributed by atoms with Crippen LogP contribution in [-0.4, -0.2) is 11.9 Å². The second-order valence-electron chi connectivity index (χ2n) is 7.32. The Labute approximate surface area is 177 Å². The van der Waals surface area contributed by atoms with Crippen molar-refractivity contribution in [2.75, 3.05) is 5.32 Å². The summed E-state index contributed by atoms with van der Waals surface area (Å²) in [6.45, 7) is 0. The Balaban J connectivity index is 1.79. The third-order valence-electron chi connectivity index (χ3n) is 5.07. The topological polar surface area (TPSA) is 55.4 Å². The molecule has 0 unspecified atom stereocenters. The van der Waals surface area contributed by atoms with E-state index >= 15 is 0 Å². The zero-order chi connectivity index (χ0) is 21.7. The Bertz CT molecular complexity index is 896. The number of nitrogens with one attached hydrogen (secondary N) is 1. The lowest BCUT2D eigenvalue weighted by atomic mass is 10.0. The van der Waals surface area contributed by atoms with Crippen molar-refractivity contribution in [3.8, 4) is 0 Å². The fraction of sp³-hybridized carbons (Fsp3) is 0.364. The van der Waals surface area contributed by atoms with Crippen LogP contribution in [-0.2, 0) is 20.5 Å². The fourth-order valence-corrected chi connectivity index (χ4v) is 3.69. The number of anilines is 1. The van der Waals surface area contributed by atoms with Crippen LogP contribution in [0.2, 0.25) is 5.02 Å². The Morgan fingerprint density at radius 3 is 2.40 bits per heavy atom. The molecule has 2 aromatic carbocycles. The predicted molar refractivity (Wildman–Crippen MR) is 107 cm³/mol. The molecule has 3 rings (SSSR count). The summed E-state index contributed by atoms with van der Waals surface area (Å²) in [6.07, 6.45) is -1.67. The molecule has 1 saturated carbocycles. The summed E-state index contributed by atoms with van der Waals surface area (Å²) in [5, 5.41) is 2.32. The molecule has 0 spiro atoms. The number of hydrogen-bond donors (Lipinski definition) is 1. The highest BCUT2D eigenvalue weighted by Crippen LogP contribution is 2.34. The lowest BCUT2D eigenvalue weighted by molar-refractivity contribution is -0.155. The van der Waals surface area contributed by atoms with Crippen molar-refractivity contribution < 1.29 is 27.5 Å². The van der Waals surface area contributed by atoms with Crippen LogP contribution in [0.1, 0.15) is 49.3 Å². The number of alkyl halides is 3. The molecule has 1 N–H and O–H groups in total. The van der Waals surface area contributed by atoms with Gasteiger partial charge in [-0.25, -0.2) is 0 Å². The summed E-state index contributed by atoms with van der Waals surface area (Å²) in [4.78, 5) is 25.3. The molecule has 0 saturated heterocycles. The summed E-state index contributed by atoms with van der Waals surface area (Å²) >= 11 is 5.97. The van der Waals surface area contributed by atoms with Crippen LogP contribution in [0.15, 0.2) is 48.5 Å². The van der Waals surface area contributed by atoms with E-state index in [1.807, 2.05) is 0 Å². The fourth-order valence-electron chi connectivity index (χ4n) is 3.53. The van der Waals surface area contributed by atoms with E-state index in [1.54, 1.807) is 30.3 Å². The maximum atomic E-state index is 13.0. The van der Waals surface area contributed by atoms with Crippen LogP contribution in [0.4, 0.5) is 18.9 Å². The molecule has 1 aliphatic carbocycles. The number of hydrogen-bond acceptors (Lipinski definition) is 3. The van der Waals surface area contributed by atoms with Crippen molar-refractivity contribution in [2.24, 2.45) is 5.92 Å². The average Bonchev–Trinajstić information content (AvgIpc) is 3.20. The molecule has 1 fully saturated rings. The second kappa shape index (κ2) is 9.51. The van der Waals surface area contributed by atoms with E-state index in [-0.39, 0.29) is 23.0 Å². The number of carbonyl (C=O) groups excluding carboxylic acids is 2. The first-order valence-corrected chi connectivity index (χ1v) is 10.0. The highest BCUT2D eigenvalue weighted by Gasteiger charge is 2.32. The largest absolute Gasteiger partial charge is 0.447 e. The smallest absolute Gasteiger partial charge is 0.416 e. The quantitative estimate of drug-likeness (QED) is 0.548. The van der Waals surface area contributed by atoms with Crippen molar-refractivity contribution in [3.05, 3.63) is 64.7 Å². The zero-order valence-corrected chi connectivity index (χ0v) is 16.8. The normalized spacial score (nSPS) is 15.6. The zero-order valence-electron chi connectivity index (χ0n) is 16.0. The van der Waals surface area contributed by atoms with Crippen LogP contribution in [0.5, 0.6) is 0 Å². The van der Waals surface area contributed by atoms with Gasteiger partial charge in [0.05, 0.1) is 16.3 Å². The first kappa shape index (κ1) is 22.2. The van der Waals surface area contributed by atoms with Gasteiger partial charge in [0.1, 0.15) is 0 Å². The number of rotatable bonds is 6. The molecule has 1 amide bonds. The first-order chi connectivity index (χ1) is 14.2. The molecule has 8 heteroatoms. The first-order valence-electron chi connectivity index (χ1n) is 9.66. The standard InChI is InChI=1S/C22H21ClF3NO3/c23-17-11-10-16(22(24,25)26)13-18(17)27-21(29)20(15-8-2-1-3-9-15)30-19(28)12-14-6-4-5-7-14/h1-3,8-11,13-14,20H,4-7,12H2,(H,27,29)/t20-/m0/s1. The molecule has 0 radical (unpaired) electrons. The third-order valence-corrected chi connectivity index (χ3v) is 5.40. The summed E-state index contributed by atoms with van der Waals surface area (Å²) in [7, 11) is 0. The summed E-state index contributed by atoms with van der Waals surface area (Å²) in [5.41, 5.74) is -0.737. The van der Waals surface area contributed by atoms with Gasteiger partial charge in [0.25, 0.3) is 5.91 Å². The summed E-state index contributed by atoms with van der Waals surface area (Å²) < 4.78 is 44.5. The van der Waals surface area contributed by atoms with Crippen molar-refractivity contribution in [1.29, 1.82) is 0 Å². The number of ether oxygens (including phenoxy) is 1. The van der Waals surface area contributed by atoms with E-state index in [9.17, 15) is 22.8 Å². The third kappa shape index (κ3) is 5.75. The van der Waals surface area contributed by atoms with E-state index < -0.39 is 29.7 Å². The molecule has 4 nitrogen and oxygen atoms in total. The van der Waals surface area contributed by atoms with Gasteiger partial charge in [-0.1, -0.05) is 54.8 Å². The number of halogens is 4. The minimum atomic E-state index is -4.59. The highest BCUT2D eigenvalue weighted by molar-refractivity contribution is 6.33. The van der Waals surface area contributed by atoms with Gasteiger partial charge >= 0.3 is 12.1 Å². The minimum absolute atomic E-state index is 0.0551. The van der Waals surface area contributed by atoms with Crippen molar-refractivity contribution in [2.45, 2.75) is 44.4 Å². The Morgan fingerprint density at radius 2 is 1.77 bits per heavy atom. The number of esters is 1. The highest BCUT2D eigenvalue weighted by atomic mass is 35.5. The van der Waals surface area contributed by atoms with Gasteiger partial charge in [0, 0.05) is 12.0 Å². The Hall–Kier alpha value is -2.54. The van der Waals surface area contributed by atoms with Crippen LogP contribution in [0.25, 0.3) is 0 Å². The molecule has 2 aromatic rings.